The van der Waals surface area contributed by atoms with Gasteiger partial charge in [0.05, 0.1) is 16.8 Å². The monoisotopic (exact) mass is 365 g/mol. The summed E-state index contributed by atoms with van der Waals surface area (Å²) in [5, 5.41) is 10.2. The first kappa shape index (κ1) is 16.2. The van der Waals surface area contributed by atoms with E-state index >= 15 is 0 Å². The van der Waals surface area contributed by atoms with Crippen molar-refractivity contribution in [3.05, 3.63) is 82.9 Å². The summed E-state index contributed by atoms with van der Waals surface area (Å²) in [5.41, 5.74) is 0.864. The number of imide groups is 1. The number of halogens is 1. The Hall–Kier alpha value is -3.31. The van der Waals surface area contributed by atoms with Gasteiger partial charge in [0, 0.05) is 11.1 Å². The second-order valence-electron chi connectivity index (χ2n) is 5.73. The number of carbonyl (C=O) groups excluding carboxylic acids is 2. The highest BCUT2D eigenvalue weighted by atomic mass is 35.5. The van der Waals surface area contributed by atoms with E-state index < -0.39 is 11.8 Å². The van der Waals surface area contributed by atoms with Crippen LogP contribution in [-0.4, -0.2) is 16.9 Å². The van der Waals surface area contributed by atoms with Crippen molar-refractivity contribution in [1.29, 1.82) is 0 Å². The molecule has 1 N–H and O–H groups in total. The number of aromatic hydroxyl groups is 1. The minimum absolute atomic E-state index is 0.0224. The number of hydrogen-bond donors (Lipinski definition) is 1. The number of phenols is 1. The number of phenolic OH excluding ortho intramolecular Hbond substituents is 1. The summed E-state index contributed by atoms with van der Waals surface area (Å²) < 4.78 is 5.72. The maximum Gasteiger partial charge on any atom is 0.266 e. The first-order chi connectivity index (χ1) is 12.5. The van der Waals surface area contributed by atoms with Gasteiger partial charge in [-0.2, -0.15) is 0 Å². The molecule has 0 aliphatic carbocycles. The van der Waals surface area contributed by atoms with E-state index in [2.05, 4.69) is 0 Å². The fraction of sp³-hybridized carbons (Fsp3) is 0. The van der Waals surface area contributed by atoms with Crippen LogP contribution in [0.3, 0.4) is 0 Å². The van der Waals surface area contributed by atoms with E-state index in [1.807, 2.05) is 0 Å². The average Bonchev–Trinajstić information content (AvgIpc) is 2.87. The van der Waals surface area contributed by atoms with E-state index in [1.54, 1.807) is 48.5 Å². The molecule has 0 atom stereocenters. The van der Waals surface area contributed by atoms with E-state index in [-0.39, 0.29) is 11.3 Å². The third-order valence-corrected chi connectivity index (χ3v) is 4.25. The minimum Gasteiger partial charge on any atom is -0.508 e. The lowest BCUT2D eigenvalue weighted by Gasteiger charge is -2.13. The molecule has 0 spiro atoms. The van der Waals surface area contributed by atoms with Gasteiger partial charge in [-0.1, -0.05) is 17.7 Å². The van der Waals surface area contributed by atoms with Crippen LogP contribution in [-0.2, 0) is 0 Å². The van der Waals surface area contributed by atoms with Gasteiger partial charge in [-0.15, -0.1) is 0 Å². The molecule has 1 aliphatic heterocycles. The predicted octanol–water partition coefficient (Wildman–Crippen LogP) is 4.64. The Balaban J connectivity index is 1.67. The van der Waals surface area contributed by atoms with Crippen molar-refractivity contribution in [2.75, 3.05) is 4.90 Å². The summed E-state index contributed by atoms with van der Waals surface area (Å²) in [4.78, 5) is 26.4. The number of amides is 2. The first-order valence-corrected chi connectivity index (χ1v) is 8.16. The summed E-state index contributed by atoms with van der Waals surface area (Å²) in [6, 6.07) is 17.5. The largest absolute Gasteiger partial charge is 0.508 e. The molecule has 1 heterocycles. The van der Waals surface area contributed by atoms with Crippen LogP contribution < -0.4 is 9.64 Å². The SMILES string of the molecule is O=C1c2ccc(Oc3ccc(Cl)cc3)cc2C(=O)N1c1cccc(O)c1. The predicted molar refractivity (Wildman–Crippen MR) is 97.2 cm³/mol. The molecule has 1 aliphatic rings. The fourth-order valence-corrected chi connectivity index (χ4v) is 2.91. The van der Waals surface area contributed by atoms with Gasteiger partial charge in [0.25, 0.3) is 11.8 Å². The van der Waals surface area contributed by atoms with Crippen LogP contribution in [0.25, 0.3) is 0 Å². The Bertz CT molecular complexity index is 1030. The number of rotatable bonds is 3. The number of ether oxygens (including phenoxy) is 1. The van der Waals surface area contributed by atoms with Gasteiger partial charge in [-0.05, 0) is 54.6 Å². The van der Waals surface area contributed by atoms with Gasteiger partial charge in [0.2, 0.25) is 0 Å². The average molecular weight is 366 g/mol. The number of anilines is 1. The van der Waals surface area contributed by atoms with Crippen LogP contribution in [0.1, 0.15) is 20.7 Å². The molecule has 0 fully saturated rings. The Labute approximate surface area is 154 Å². The van der Waals surface area contributed by atoms with E-state index in [9.17, 15) is 14.7 Å². The maximum absolute atomic E-state index is 12.7. The maximum atomic E-state index is 12.7. The van der Waals surface area contributed by atoms with Gasteiger partial charge in [-0.25, -0.2) is 4.90 Å². The molecule has 128 valence electrons. The Kier molecular flexibility index (Phi) is 3.86. The van der Waals surface area contributed by atoms with Crippen LogP contribution in [0.4, 0.5) is 5.69 Å². The smallest absolute Gasteiger partial charge is 0.266 e. The summed E-state index contributed by atoms with van der Waals surface area (Å²) >= 11 is 5.85. The molecule has 0 bridgehead atoms. The van der Waals surface area contributed by atoms with Crippen molar-refractivity contribution in [3.63, 3.8) is 0 Å². The molecule has 0 saturated carbocycles. The molecule has 3 aromatic rings. The molecule has 5 nitrogen and oxygen atoms in total. The molecule has 2 amide bonds. The van der Waals surface area contributed by atoms with Crippen molar-refractivity contribution in [3.8, 4) is 17.2 Å². The zero-order chi connectivity index (χ0) is 18.3. The van der Waals surface area contributed by atoms with E-state index in [1.165, 1.54) is 18.2 Å². The highest BCUT2D eigenvalue weighted by molar-refractivity contribution is 6.34. The van der Waals surface area contributed by atoms with Crippen LogP contribution in [0.15, 0.2) is 66.7 Å². The summed E-state index contributed by atoms with van der Waals surface area (Å²) in [6.45, 7) is 0. The van der Waals surface area contributed by atoms with Crippen LogP contribution >= 0.6 is 11.6 Å². The fourth-order valence-electron chi connectivity index (χ4n) is 2.79. The molecule has 0 saturated heterocycles. The van der Waals surface area contributed by atoms with E-state index in [4.69, 9.17) is 16.3 Å². The Morgan fingerprint density at radius 2 is 1.50 bits per heavy atom. The number of benzene rings is 3. The zero-order valence-corrected chi connectivity index (χ0v) is 14.1. The van der Waals surface area contributed by atoms with Gasteiger partial charge in [0.15, 0.2) is 0 Å². The molecule has 6 heteroatoms. The minimum atomic E-state index is -0.461. The molecular weight excluding hydrogens is 354 g/mol. The lowest BCUT2D eigenvalue weighted by Crippen LogP contribution is -2.29. The molecule has 0 aromatic heterocycles. The first-order valence-electron chi connectivity index (χ1n) is 7.78. The van der Waals surface area contributed by atoms with Crippen molar-refractivity contribution in [2.24, 2.45) is 0 Å². The van der Waals surface area contributed by atoms with Crippen molar-refractivity contribution < 1.29 is 19.4 Å². The Morgan fingerprint density at radius 3 is 2.23 bits per heavy atom. The highest BCUT2D eigenvalue weighted by Gasteiger charge is 2.37. The van der Waals surface area contributed by atoms with Crippen LogP contribution in [0.5, 0.6) is 17.2 Å². The zero-order valence-electron chi connectivity index (χ0n) is 13.3. The molecule has 0 unspecified atom stereocenters. The Morgan fingerprint density at radius 1 is 0.808 bits per heavy atom. The molecule has 0 radical (unpaired) electrons. The van der Waals surface area contributed by atoms with Crippen molar-refractivity contribution in [2.45, 2.75) is 0 Å². The van der Waals surface area contributed by atoms with Crippen LogP contribution in [0, 0.1) is 0 Å². The second-order valence-corrected chi connectivity index (χ2v) is 6.17. The summed E-state index contributed by atoms with van der Waals surface area (Å²) in [5.74, 6) is 0.0811. The van der Waals surface area contributed by atoms with Gasteiger partial charge in [-0.3, -0.25) is 9.59 Å². The van der Waals surface area contributed by atoms with Crippen molar-refractivity contribution in [1.82, 2.24) is 0 Å². The molecule has 3 aromatic carbocycles. The quantitative estimate of drug-likeness (QED) is 0.687. The standard InChI is InChI=1S/C20H12ClNO4/c21-12-4-6-15(7-5-12)26-16-8-9-17-18(11-16)20(25)22(19(17)24)13-2-1-3-14(23)10-13/h1-11,23H. The third-order valence-electron chi connectivity index (χ3n) is 4.00. The van der Waals surface area contributed by atoms with Gasteiger partial charge in [0.1, 0.15) is 17.2 Å². The number of carbonyl (C=O) groups is 2. The molecule has 4 rings (SSSR count). The normalized spacial score (nSPS) is 13.0. The summed E-state index contributed by atoms with van der Waals surface area (Å²) in [6.07, 6.45) is 0. The van der Waals surface area contributed by atoms with Crippen LogP contribution in [0.2, 0.25) is 5.02 Å². The molecule has 26 heavy (non-hydrogen) atoms. The van der Waals surface area contributed by atoms with E-state index in [0.29, 0.717) is 27.8 Å². The van der Waals surface area contributed by atoms with Crippen molar-refractivity contribution >= 4 is 29.1 Å². The highest BCUT2D eigenvalue weighted by Crippen LogP contribution is 2.33. The third kappa shape index (κ3) is 2.78. The topological polar surface area (TPSA) is 66.8 Å². The summed E-state index contributed by atoms with van der Waals surface area (Å²) in [7, 11) is 0. The number of nitrogens with zero attached hydrogens (tertiary/aromatic N) is 1. The lowest BCUT2D eigenvalue weighted by atomic mass is 10.1. The lowest BCUT2D eigenvalue weighted by molar-refractivity contribution is 0.0926. The molecular formula is C20H12ClNO4. The van der Waals surface area contributed by atoms with Gasteiger partial charge < -0.3 is 9.84 Å². The number of fused-ring (bicyclic) bond motifs is 1. The number of hydrogen-bond acceptors (Lipinski definition) is 4. The second kappa shape index (κ2) is 6.20. The van der Waals surface area contributed by atoms with Gasteiger partial charge >= 0.3 is 0 Å². The van der Waals surface area contributed by atoms with E-state index in [0.717, 1.165) is 4.90 Å².